The summed E-state index contributed by atoms with van der Waals surface area (Å²) in [6.07, 6.45) is 5.85. The predicted octanol–water partition coefficient (Wildman–Crippen LogP) is 2.38. The molecule has 0 amide bonds. The Labute approximate surface area is 121 Å². The summed E-state index contributed by atoms with van der Waals surface area (Å²) < 4.78 is 7.31. The number of rotatable bonds is 4. The Kier molecular flexibility index (Phi) is 2.66. The standard InChI is InChI=1S/C14H16N6O/c1-8-11(9(2)21-19-8)5-15-13-12-14(17-6-16-13)20(7-18-12)10-3-4-10/h6-7,10H,3-5H2,1-2H3,(H,15,16,17). The first-order valence-electron chi connectivity index (χ1n) is 7.07. The molecule has 1 N–H and O–H groups in total. The average molecular weight is 284 g/mol. The van der Waals surface area contributed by atoms with Gasteiger partial charge in [-0.05, 0) is 26.7 Å². The van der Waals surface area contributed by atoms with Gasteiger partial charge in [0, 0.05) is 18.2 Å². The van der Waals surface area contributed by atoms with E-state index in [-0.39, 0.29) is 0 Å². The van der Waals surface area contributed by atoms with E-state index < -0.39 is 0 Å². The van der Waals surface area contributed by atoms with Crippen molar-refractivity contribution in [2.24, 2.45) is 0 Å². The molecule has 0 radical (unpaired) electrons. The van der Waals surface area contributed by atoms with Crippen molar-refractivity contribution in [1.29, 1.82) is 0 Å². The summed E-state index contributed by atoms with van der Waals surface area (Å²) in [5, 5.41) is 7.28. The summed E-state index contributed by atoms with van der Waals surface area (Å²) in [6.45, 7) is 4.46. The van der Waals surface area contributed by atoms with Crippen LogP contribution >= 0.6 is 0 Å². The maximum atomic E-state index is 5.17. The fourth-order valence-corrected chi connectivity index (χ4v) is 2.53. The second-order valence-electron chi connectivity index (χ2n) is 5.43. The highest BCUT2D eigenvalue weighted by atomic mass is 16.5. The van der Waals surface area contributed by atoms with Gasteiger partial charge in [0.15, 0.2) is 11.5 Å². The summed E-state index contributed by atoms with van der Waals surface area (Å²) in [5.74, 6) is 1.58. The minimum atomic E-state index is 0.556. The molecule has 21 heavy (non-hydrogen) atoms. The lowest BCUT2D eigenvalue weighted by atomic mass is 10.2. The first-order chi connectivity index (χ1) is 10.2. The summed E-state index contributed by atoms with van der Waals surface area (Å²) in [5.41, 5.74) is 3.67. The van der Waals surface area contributed by atoms with Crippen LogP contribution in [0.15, 0.2) is 17.2 Å². The van der Waals surface area contributed by atoms with E-state index in [9.17, 15) is 0 Å². The van der Waals surface area contributed by atoms with Crippen LogP contribution < -0.4 is 5.32 Å². The number of nitrogens with zero attached hydrogens (tertiary/aromatic N) is 5. The van der Waals surface area contributed by atoms with Crippen LogP contribution in [0.25, 0.3) is 11.2 Å². The van der Waals surface area contributed by atoms with Crippen LogP contribution in [-0.2, 0) is 6.54 Å². The average Bonchev–Trinajstić information content (AvgIpc) is 3.16. The number of nitrogens with one attached hydrogen (secondary N) is 1. The van der Waals surface area contributed by atoms with Crippen molar-refractivity contribution in [3.63, 3.8) is 0 Å². The number of hydrogen-bond acceptors (Lipinski definition) is 6. The molecule has 1 fully saturated rings. The van der Waals surface area contributed by atoms with Crippen LogP contribution in [-0.4, -0.2) is 24.7 Å². The number of aryl methyl sites for hydroxylation is 2. The highest BCUT2D eigenvalue weighted by molar-refractivity contribution is 5.82. The number of fused-ring (bicyclic) bond motifs is 1. The second-order valence-corrected chi connectivity index (χ2v) is 5.43. The van der Waals surface area contributed by atoms with Crippen molar-refractivity contribution in [2.45, 2.75) is 39.3 Å². The van der Waals surface area contributed by atoms with Crippen molar-refractivity contribution in [1.82, 2.24) is 24.7 Å². The zero-order valence-electron chi connectivity index (χ0n) is 12.0. The molecule has 3 aromatic heterocycles. The summed E-state index contributed by atoms with van der Waals surface area (Å²) in [6, 6.07) is 0.556. The SMILES string of the molecule is Cc1noc(C)c1CNc1ncnc2c1ncn2C1CC1. The Hall–Kier alpha value is -2.44. The van der Waals surface area contributed by atoms with Gasteiger partial charge in [-0.1, -0.05) is 5.16 Å². The molecule has 0 bridgehead atoms. The lowest BCUT2D eigenvalue weighted by Crippen LogP contribution is -2.04. The first-order valence-corrected chi connectivity index (χ1v) is 7.07. The molecule has 3 heterocycles. The van der Waals surface area contributed by atoms with Gasteiger partial charge in [-0.25, -0.2) is 15.0 Å². The fraction of sp³-hybridized carbons (Fsp3) is 0.429. The van der Waals surface area contributed by atoms with E-state index in [4.69, 9.17) is 4.52 Å². The fourth-order valence-electron chi connectivity index (χ4n) is 2.53. The van der Waals surface area contributed by atoms with Crippen LogP contribution in [0, 0.1) is 13.8 Å². The van der Waals surface area contributed by atoms with E-state index in [0.29, 0.717) is 12.6 Å². The van der Waals surface area contributed by atoms with E-state index in [2.05, 4.69) is 30.0 Å². The number of anilines is 1. The molecule has 108 valence electrons. The molecule has 7 heteroatoms. The van der Waals surface area contributed by atoms with Crippen molar-refractivity contribution in [3.8, 4) is 0 Å². The lowest BCUT2D eigenvalue weighted by Gasteiger charge is -2.06. The Balaban J connectivity index is 1.64. The molecule has 0 spiro atoms. The Morgan fingerprint density at radius 3 is 2.86 bits per heavy atom. The normalized spacial score (nSPS) is 14.8. The van der Waals surface area contributed by atoms with Gasteiger partial charge in [-0.3, -0.25) is 0 Å². The van der Waals surface area contributed by atoms with Gasteiger partial charge in [-0.2, -0.15) is 0 Å². The first kappa shape index (κ1) is 12.3. The molecule has 7 nitrogen and oxygen atoms in total. The van der Waals surface area contributed by atoms with Crippen molar-refractivity contribution in [3.05, 3.63) is 29.7 Å². The molecular formula is C14H16N6O. The Bertz CT molecular complexity index is 782. The Morgan fingerprint density at radius 2 is 2.14 bits per heavy atom. The molecular weight excluding hydrogens is 268 g/mol. The third-order valence-corrected chi connectivity index (χ3v) is 3.91. The van der Waals surface area contributed by atoms with E-state index in [1.807, 2.05) is 20.2 Å². The van der Waals surface area contributed by atoms with Gasteiger partial charge >= 0.3 is 0 Å². The van der Waals surface area contributed by atoms with Crippen molar-refractivity contribution < 1.29 is 4.52 Å². The zero-order valence-corrected chi connectivity index (χ0v) is 12.0. The van der Waals surface area contributed by atoms with Gasteiger partial charge in [0.2, 0.25) is 0 Å². The van der Waals surface area contributed by atoms with E-state index in [1.165, 1.54) is 12.8 Å². The highest BCUT2D eigenvalue weighted by Gasteiger charge is 2.26. The van der Waals surface area contributed by atoms with E-state index in [0.717, 1.165) is 34.0 Å². The molecule has 0 aromatic carbocycles. The molecule has 4 rings (SSSR count). The predicted molar refractivity (Wildman–Crippen MR) is 76.9 cm³/mol. The molecule has 1 aliphatic carbocycles. The number of imidazole rings is 1. The van der Waals surface area contributed by atoms with Gasteiger partial charge < -0.3 is 14.4 Å². The second kappa shape index (κ2) is 4.54. The highest BCUT2D eigenvalue weighted by Crippen LogP contribution is 2.37. The van der Waals surface area contributed by atoms with Gasteiger partial charge in [0.25, 0.3) is 0 Å². The third-order valence-electron chi connectivity index (χ3n) is 3.91. The number of aromatic nitrogens is 5. The van der Waals surface area contributed by atoms with E-state index in [1.54, 1.807) is 6.33 Å². The van der Waals surface area contributed by atoms with Gasteiger partial charge in [0.1, 0.15) is 17.6 Å². The van der Waals surface area contributed by atoms with Crippen LogP contribution in [0.5, 0.6) is 0 Å². The minimum absolute atomic E-state index is 0.556. The molecule has 1 aliphatic rings. The third kappa shape index (κ3) is 2.05. The quantitative estimate of drug-likeness (QED) is 0.792. The van der Waals surface area contributed by atoms with Crippen LogP contribution in [0.2, 0.25) is 0 Å². The molecule has 1 saturated carbocycles. The molecule has 0 saturated heterocycles. The van der Waals surface area contributed by atoms with Gasteiger partial charge in [0.05, 0.1) is 12.0 Å². The largest absolute Gasteiger partial charge is 0.364 e. The summed E-state index contributed by atoms with van der Waals surface area (Å²) in [4.78, 5) is 13.1. The van der Waals surface area contributed by atoms with Crippen molar-refractivity contribution in [2.75, 3.05) is 5.32 Å². The summed E-state index contributed by atoms with van der Waals surface area (Å²) in [7, 11) is 0. The van der Waals surface area contributed by atoms with Crippen molar-refractivity contribution >= 4 is 17.0 Å². The van der Waals surface area contributed by atoms with E-state index >= 15 is 0 Å². The summed E-state index contributed by atoms with van der Waals surface area (Å²) >= 11 is 0. The lowest BCUT2D eigenvalue weighted by molar-refractivity contribution is 0.392. The minimum Gasteiger partial charge on any atom is -0.364 e. The monoisotopic (exact) mass is 284 g/mol. The topological polar surface area (TPSA) is 81.7 Å². The van der Waals surface area contributed by atoms with Crippen LogP contribution in [0.1, 0.15) is 35.9 Å². The van der Waals surface area contributed by atoms with Gasteiger partial charge in [-0.15, -0.1) is 0 Å². The molecule has 3 aromatic rings. The zero-order chi connectivity index (χ0) is 14.4. The molecule has 0 unspecified atom stereocenters. The van der Waals surface area contributed by atoms with Crippen LogP contribution in [0.4, 0.5) is 5.82 Å². The molecule has 0 aliphatic heterocycles. The maximum absolute atomic E-state index is 5.17. The Morgan fingerprint density at radius 1 is 1.29 bits per heavy atom. The number of hydrogen-bond donors (Lipinski definition) is 1. The maximum Gasteiger partial charge on any atom is 0.165 e. The van der Waals surface area contributed by atoms with Crippen LogP contribution in [0.3, 0.4) is 0 Å². The molecule has 0 atom stereocenters. The smallest absolute Gasteiger partial charge is 0.165 e.